The molecule has 3 aromatic carbocycles. The number of rotatable bonds is 6. The Labute approximate surface area is 209 Å². The summed E-state index contributed by atoms with van der Waals surface area (Å²) in [6.07, 6.45) is 3.43. The summed E-state index contributed by atoms with van der Waals surface area (Å²) in [4.78, 5) is 29.6. The highest BCUT2D eigenvalue weighted by molar-refractivity contribution is 6.14. The van der Waals surface area contributed by atoms with Gasteiger partial charge in [-0.1, -0.05) is 18.2 Å². The Hall–Kier alpha value is -4.26. The van der Waals surface area contributed by atoms with E-state index in [0.717, 1.165) is 24.1 Å². The third kappa shape index (κ3) is 4.06. The minimum atomic E-state index is -0.259. The fourth-order valence-electron chi connectivity index (χ4n) is 4.79. The molecule has 5 rings (SSSR count). The summed E-state index contributed by atoms with van der Waals surface area (Å²) in [5, 5.41) is 0.894. The van der Waals surface area contributed by atoms with E-state index in [-0.39, 0.29) is 11.5 Å². The highest BCUT2D eigenvalue weighted by atomic mass is 16.5. The second-order valence-corrected chi connectivity index (χ2v) is 8.59. The van der Waals surface area contributed by atoms with Crippen LogP contribution in [0.2, 0.25) is 0 Å². The van der Waals surface area contributed by atoms with E-state index in [4.69, 9.17) is 14.2 Å². The first-order valence-corrected chi connectivity index (χ1v) is 12.0. The van der Waals surface area contributed by atoms with Crippen LogP contribution in [0.25, 0.3) is 16.5 Å². The summed E-state index contributed by atoms with van der Waals surface area (Å²) in [6, 6.07) is 18.6. The lowest BCUT2D eigenvalue weighted by molar-refractivity contribution is 0.0986. The van der Waals surface area contributed by atoms with E-state index in [9.17, 15) is 9.59 Å². The molecular formula is C29H28N2O5. The van der Waals surface area contributed by atoms with Crippen LogP contribution in [0, 0.1) is 0 Å². The first-order chi connectivity index (χ1) is 17.5. The molecule has 0 fully saturated rings. The molecule has 2 heterocycles. The Morgan fingerprint density at radius 3 is 2.33 bits per heavy atom. The first kappa shape index (κ1) is 23.5. The Bertz CT molecular complexity index is 1490. The number of methoxy groups -OCH3 is 2. The summed E-state index contributed by atoms with van der Waals surface area (Å²) < 4.78 is 18.0. The molecule has 0 N–H and O–H groups in total. The van der Waals surface area contributed by atoms with Gasteiger partial charge in [-0.05, 0) is 67.8 Å². The van der Waals surface area contributed by atoms with E-state index in [2.05, 4.69) is 6.07 Å². The van der Waals surface area contributed by atoms with Gasteiger partial charge in [0.2, 0.25) is 0 Å². The largest absolute Gasteiger partial charge is 0.494 e. The fourth-order valence-corrected chi connectivity index (χ4v) is 4.79. The third-order valence-corrected chi connectivity index (χ3v) is 6.53. The summed E-state index contributed by atoms with van der Waals surface area (Å²) in [5.74, 6) is 1.42. The van der Waals surface area contributed by atoms with Crippen LogP contribution in [0.3, 0.4) is 0 Å². The molecule has 0 saturated heterocycles. The molecule has 0 radical (unpaired) electrons. The number of benzene rings is 3. The number of para-hydroxylation sites is 1. The van der Waals surface area contributed by atoms with E-state index in [0.29, 0.717) is 52.4 Å². The molecule has 1 aliphatic heterocycles. The number of pyridine rings is 1. The lowest BCUT2D eigenvalue weighted by Crippen LogP contribution is -2.36. The number of amides is 1. The molecule has 0 spiro atoms. The van der Waals surface area contributed by atoms with Crippen molar-refractivity contribution >= 4 is 22.4 Å². The van der Waals surface area contributed by atoms with Gasteiger partial charge in [0.25, 0.3) is 11.5 Å². The van der Waals surface area contributed by atoms with Gasteiger partial charge in [-0.3, -0.25) is 14.2 Å². The maximum atomic E-state index is 14.1. The van der Waals surface area contributed by atoms with Gasteiger partial charge in [0.1, 0.15) is 5.75 Å². The van der Waals surface area contributed by atoms with Crippen molar-refractivity contribution in [3.8, 4) is 22.9 Å². The van der Waals surface area contributed by atoms with Gasteiger partial charge in [-0.2, -0.15) is 0 Å². The molecule has 0 atom stereocenters. The maximum Gasteiger partial charge on any atom is 0.263 e. The van der Waals surface area contributed by atoms with Crippen molar-refractivity contribution in [1.29, 1.82) is 0 Å². The predicted molar refractivity (Wildman–Crippen MR) is 140 cm³/mol. The number of aryl methyl sites for hydroxylation is 1. The van der Waals surface area contributed by atoms with Crippen molar-refractivity contribution < 1.29 is 19.0 Å². The molecule has 36 heavy (non-hydrogen) atoms. The van der Waals surface area contributed by atoms with Gasteiger partial charge >= 0.3 is 0 Å². The zero-order valence-corrected chi connectivity index (χ0v) is 20.6. The van der Waals surface area contributed by atoms with Gasteiger partial charge < -0.3 is 19.1 Å². The number of carbonyl (C=O) groups is 1. The summed E-state index contributed by atoms with van der Waals surface area (Å²) in [7, 11) is 3.06. The van der Waals surface area contributed by atoms with Crippen molar-refractivity contribution in [2.75, 3.05) is 32.3 Å². The number of hydrogen-bond donors (Lipinski definition) is 0. The van der Waals surface area contributed by atoms with Gasteiger partial charge in [0, 0.05) is 29.5 Å². The van der Waals surface area contributed by atoms with Gasteiger partial charge in [0.05, 0.1) is 31.8 Å². The molecular weight excluding hydrogens is 456 g/mol. The zero-order chi connectivity index (χ0) is 25.2. The molecule has 4 aromatic rings. The second kappa shape index (κ2) is 9.77. The molecule has 0 saturated carbocycles. The summed E-state index contributed by atoms with van der Waals surface area (Å²) in [5.41, 5.74) is 2.83. The summed E-state index contributed by atoms with van der Waals surface area (Å²) in [6.45, 7) is 3.07. The van der Waals surface area contributed by atoms with E-state index < -0.39 is 0 Å². The highest BCUT2D eigenvalue weighted by Gasteiger charge is 2.27. The molecule has 1 amide bonds. The maximum absolute atomic E-state index is 14.1. The summed E-state index contributed by atoms with van der Waals surface area (Å²) >= 11 is 0. The Morgan fingerprint density at radius 2 is 1.64 bits per heavy atom. The highest BCUT2D eigenvalue weighted by Crippen LogP contribution is 2.35. The number of carbonyl (C=O) groups excluding carboxylic acids is 1. The van der Waals surface area contributed by atoms with Crippen LogP contribution in [0.15, 0.2) is 71.7 Å². The van der Waals surface area contributed by atoms with Crippen molar-refractivity contribution in [2.24, 2.45) is 0 Å². The lowest BCUT2D eigenvalue weighted by Gasteiger charge is -2.30. The van der Waals surface area contributed by atoms with Crippen LogP contribution in [-0.4, -0.2) is 37.8 Å². The Balaban J connectivity index is 1.73. The Kier molecular flexibility index (Phi) is 6.38. The van der Waals surface area contributed by atoms with Gasteiger partial charge in [-0.15, -0.1) is 0 Å². The fraction of sp³-hybridized carbons (Fsp3) is 0.241. The molecule has 7 heteroatoms. The minimum absolute atomic E-state index is 0.168. The normalized spacial score (nSPS) is 12.8. The number of ether oxygens (including phenoxy) is 3. The average molecular weight is 485 g/mol. The SMILES string of the molecule is CCOc1ccc(-n2cc(C(=O)N3CCCc4ccccc43)c3cc(OC)c(OC)cc3c2=O)cc1. The second-order valence-electron chi connectivity index (χ2n) is 8.59. The number of hydrogen-bond acceptors (Lipinski definition) is 5. The smallest absolute Gasteiger partial charge is 0.263 e. The van der Waals surface area contributed by atoms with Crippen LogP contribution in [0.5, 0.6) is 17.2 Å². The number of fused-ring (bicyclic) bond motifs is 2. The number of anilines is 1. The van der Waals surface area contributed by atoms with E-state index in [1.807, 2.05) is 49.4 Å². The van der Waals surface area contributed by atoms with Crippen molar-refractivity contribution in [3.05, 3.63) is 88.3 Å². The standard InChI is InChI=1S/C29H28N2O5/c1-4-36-21-13-11-20(12-14-21)31-18-24(22-16-26(34-2)27(35-3)17-23(22)28(31)32)29(33)30-15-7-9-19-8-5-6-10-25(19)30/h5-6,8,10-14,16-18H,4,7,9,15H2,1-3H3. The van der Waals surface area contributed by atoms with Gasteiger partial charge in [0.15, 0.2) is 11.5 Å². The first-order valence-electron chi connectivity index (χ1n) is 12.0. The van der Waals surface area contributed by atoms with Crippen LogP contribution >= 0.6 is 0 Å². The molecule has 1 aromatic heterocycles. The molecule has 0 unspecified atom stereocenters. The van der Waals surface area contributed by atoms with Crippen LogP contribution in [-0.2, 0) is 6.42 Å². The molecule has 7 nitrogen and oxygen atoms in total. The van der Waals surface area contributed by atoms with Crippen LogP contribution in [0.1, 0.15) is 29.3 Å². The number of nitrogens with zero attached hydrogens (tertiary/aromatic N) is 2. The molecule has 0 bridgehead atoms. The average Bonchev–Trinajstić information content (AvgIpc) is 2.92. The van der Waals surface area contributed by atoms with Crippen molar-refractivity contribution in [3.63, 3.8) is 0 Å². The van der Waals surface area contributed by atoms with E-state index >= 15 is 0 Å². The monoisotopic (exact) mass is 484 g/mol. The molecule has 1 aliphatic rings. The topological polar surface area (TPSA) is 70.0 Å². The molecule has 0 aliphatic carbocycles. The zero-order valence-electron chi connectivity index (χ0n) is 20.6. The third-order valence-electron chi connectivity index (χ3n) is 6.53. The van der Waals surface area contributed by atoms with Crippen LogP contribution in [0.4, 0.5) is 5.69 Å². The lowest BCUT2D eigenvalue weighted by atomic mass is 9.99. The van der Waals surface area contributed by atoms with Crippen molar-refractivity contribution in [2.45, 2.75) is 19.8 Å². The number of aromatic nitrogens is 1. The minimum Gasteiger partial charge on any atom is -0.494 e. The van der Waals surface area contributed by atoms with E-state index in [1.165, 1.54) is 18.8 Å². The Morgan fingerprint density at radius 1 is 0.944 bits per heavy atom. The quantitative estimate of drug-likeness (QED) is 0.385. The molecule has 184 valence electrons. The van der Waals surface area contributed by atoms with Gasteiger partial charge in [-0.25, -0.2) is 0 Å². The van der Waals surface area contributed by atoms with E-state index in [1.54, 1.807) is 23.2 Å². The predicted octanol–water partition coefficient (Wildman–Crippen LogP) is 5.00. The van der Waals surface area contributed by atoms with Crippen LogP contribution < -0.4 is 24.7 Å². The van der Waals surface area contributed by atoms with Crippen molar-refractivity contribution in [1.82, 2.24) is 4.57 Å².